The standard InChI is InChI=1S/C22H22ClNO3S/c1-13(2)27-18-8-6-5-7-17(18)24-21(25)19(15-9-11-16(23)12-10-15)20(22(24)26)28-14(3)4/h5-14H,1-4H3. The van der Waals surface area contributed by atoms with Crippen molar-refractivity contribution in [3.8, 4) is 5.75 Å². The van der Waals surface area contributed by atoms with Gasteiger partial charge in [-0.25, -0.2) is 4.90 Å². The minimum Gasteiger partial charge on any atom is -0.489 e. The highest BCUT2D eigenvalue weighted by Crippen LogP contribution is 2.42. The topological polar surface area (TPSA) is 46.6 Å². The lowest BCUT2D eigenvalue weighted by molar-refractivity contribution is -0.119. The Kier molecular flexibility index (Phi) is 6.16. The van der Waals surface area contributed by atoms with Crippen molar-refractivity contribution in [3.05, 3.63) is 64.0 Å². The summed E-state index contributed by atoms with van der Waals surface area (Å²) >= 11 is 7.39. The van der Waals surface area contributed by atoms with Crippen LogP contribution in [0.5, 0.6) is 5.75 Å². The Hall–Kier alpha value is -2.24. The molecule has 0 fully saturated rings. The number of rotatable bonds is 6. The van der Waals surface area contributed by atoms with Crippen LogP contribution in [0.1, 0.15) is 33.3 Å². The fraction of sp³-hybridized carbons (Fsp3) is 0.273. The van der Waals surface area contributed by atoms with Crippen LogP contribution < -0.4 is 9.64 Å². The van der Waals surface area contributed by atoms with E-state index in [1.54, 1.807) is 42.5 Å². The number of benzene rings is 2. The van der Waals surface area contributed by atoms with Crippen LogP contribution in [0.15, 0.2) is 53.4 Å². The van der Waals surface area contributed by atoms with Crippen molar-refractivity contribution in [1.29, 1.82) is 0 Å². The van der Waals surface area contributed by atoms with Gasteiger partial charge in [-0.15, -0.1) is 11.8 Å². The predicted octanol–water partition coefficient (Wildman–Crippen LogP) is 5.55. The molecule has 1 aliphatic rings. The molecule has 0 unspecified atom stereocenters. The number of amides is 2. The Morgan fingerprint density at radius 3 is 2.18 bits per heavy atom. The van der Waals surface area contributed by atoms with Crippen molar-refractivity contribution in [2.45, 2.75) is 39.0 Å². The number of imide groups is 1. The van der Waals surface area contributed by atoms with Crippen LogP contribution in [0.4, 0.5) is 5.69 Å². The van der Waals surface area contributed by atoms with E-state index in [4.69, 9.17) is 16.3 Å². The van der Waals surface area contributed by atoms with Crippen LogP contribution in [-0.4, -0.2) is 23.2 Å². The molecule has 0 saturated heterocycles. The zero-order valence-corrected chi connectivity index (χ0v) is 17.8. The average molecular weight is 416 g/mol. The molecule has 0 aliphatic carbocycles. The lowest BCUT2D eigenvalue weighted by Gasteiger charge is -2.20. The lowest BCUT2D eigenvalue weighted by atomic mass is 10.1. The first-order valence-electron chi connectivity index (χ1n) is 9.11. The monoisotopic (exact) mass is 415 g/mol. The Balaban J connectivity index is 2.10. The number of carbonyl (C=O) groups excluding carboxylic acids is 2. The number of carbonyl (C=O) groups is 2. The van der Waals surface area contributed by atoms with Crippen molar-refractivity contribution in [1.82, 2.24) is 0 Å². The molecule has 1 aliphatic heterocycles. The van der Waals surface area contributed by atoms with Gasteiger partial charge in [-0.3, -0.25) is 9.59 Å². The van der Waals surface area contributed by atoms with E-state index in [0.29, 0.717) is 32.5 Å². The quantitative estimate of drug-likeness (QED) is 0.580. The molecular formula is C22H22ClNO3S. The summed E-state index contributed by atoms with van der Waals surface area (Å²) in [6.07, 6.45) is -0.0813. The van der Waals surface area contributed by atoms with Crippen molar-refractivity contribution in [2.75, 3.05) is 4.90 Å². The molecule has 0 atom stereocenters. The molecule has 146 valence electrons. The normalized spacial score (nSPS) is 14.6. The maximum atomic E-state index is 13.4. The summed E-state index contributed by atoms with van der Waals surface area (Å²) in [5.41, 5.74) is 1.53. The van der Waals surface area contributed by atoms with Crippen LogP contribution in [0.3, 0.4) is 0 Å². The maximum Gasteiger partial charge on any atom is 0.272 e. The van der Waals surface area contributed by atoms with Crippen LogP contribution in [-0.2, 0) is 9.59 Å². The van der Waals surface area contributed by atoms with Crippen molar-refractivity contribution in [3.63, 3.8) is 0 Å². The van der Waals surface area contributed by atoms with Crippen molar-refractivity contribution in [2.24, 2.45) is 0 Å². The SMILES string of the molecule is CC(C)Oc1ccccc1N1C(=O)C(SC(C)C)=C(c2ccc(Cl)cc2)C1=O. The Bertz CT molecular complexity index is 935. The van der Waals surface area contributed by atoms with E-state index >= 15 is 0 Å². The van der Waals surface area contributed by atoms with Gasteiger partial charge in [0.1, 0.15) is 5.75 Å². The second-order valence-corrected chi connectivity index (χ2v) is 8.98. The summed E-state index contributed by atoms with van der Waals surface area (Å²) in [5, 5.41) is 0.725. The van der Waals surface area contributed by atoms with E-state index in [1.165, 1.54) is 16.7 Å². The Labute approximate surface area is 174 Å². The van der Waals surface area contributed by atoms with E-state index in [0.717, 1.165) is 0 Å². The first-order valence-corrected chi connectivity index (χ1v) is 10.4. The summed E-state index contributed by atoms with van der Waals surface area (Å²) in [5.74, 6) is -0.172. The minimum atomic E-state index is -0.352. The fourth-order valence-electron chi connectivity index (χ4n) is 2.94. The second-order valence-electron chi connectivity index (χ2n) is 6.96. The van der Waals surface area contributed by atoms with Gasteiger partial charge in [0.2, 0.25) is 0 Å². The van der Waals surface area contributed by atoms with Crippen LogP contribution in [0.25, 0.3) is 5.57 Å². The molecule has 0 aromatic heterocycles. The van der Waals surface area contributed by atoms with E-state index in [9.17, 15) is 9.59 Å². The van der Waals surface area contributed by atoms with Gasteiger partial charge in [0.15, 0.2) is 0 Å². The molecule has 0 spiro atoms. The number of hydrogen-bond acceptors (Lipinski definition) is 4. The smallest absolute Gasteiger partial charge is 0.272 e. The first kappa shape index (κ1) is 20.5. The molecule has 2 amide bonds. The molecule has 0 saturated carbocycles. The summed E-state index contributed by atoms with van der Waals surface area (Å²) in [6, 6.07) is 14.1. The summed E-state index contributed by atoms with van der Waals surface area (Å²) in [6.45, 7) is 7.80. The summed E-state index contributed by atoms with van der Waals surface area (Å²) < 4.78 is 5.84. The van der Waals surface area contributed by atoms with Crippen molar-refractivity contribution >= 4 is 46.4 Å². The van der Waals surface area contributed by atoms with Crippen LogP contribution in [0.2, 0.25) is 5.02 Å². The van der Waals surface area contributed by atoms with E-state index in [-0.39, 0.29) is 23.2 Å². The maximum absolute atomic E-state index is 13.4. The van der Waals surface area contributed by atoms with Crippen molar-refractivity contribution < 1.29 is 14.3 Å². The molecule has 2 aromatic rings. The number of nitrogens with zero attached hydrogens (tertiary/aromatic N) is 1. The zero-order chi connectivity index (χ0) is 20.4. The minimum absolute atomic E-state index is 0.0813. The number of thioether (sulfide) groups is 1. The number of hydrogen-bond donors (Lipinski definition) is 0. The highest BCUT2D eigenvalue weighted by Gasteiger charge is 2.41. The molecule has 2 aromatic carbocycles. The van der Waals surface area contributed by atoms with Gasteiger partial charge in [0.05, 0.1) is 22.3 Å². The lowest BCUT2D eigenvalue weighted by Crippen LogP contribution is -2.32. The summed E-state index contributed by atoms with van der Waals surface area (Å²) in [7, 11) is 0. The van der Waals surface area contributed by atoms with Gasteiger partial charge in [0.25, 0.3) is 11.8 Å². The van der Waals surface area contributed by atoms with Crippen LogP contribution in [0, 0.1) is 0 Å². The molecule has 3 rings (SSSR count). The molecule has 0 radical (unpaired) electrons. The number of halogens is 1. The third-order valence-corrected chi connectivity index (χ3v) is 5.33. The van der Waals surface area contributed by atoms with E-state index in [2.05, 4.69) is 0 Å². The van der Waals surface area contributed by atoms with Crippen LogP contribution >= 0.6 is 23.4 Å². The molecule has 0 N–H and O–H groups in total. The number of para-hydroxylation sites is 2. The van der Waals surface area contributed by atoms with Gasteiger partial charge >= 0.3 is 0 Å². The molecule has 6 heteroatoms. The summed E-state index contributed by atoms with van der Waals surface area (Å²) in [4.78, 5) is 28.3. The number of ether oxygens (including phenoxy) is 1. The predicted molar refractivity (Wildman–Crippen MR) is 116 cm³/mol. The zero-order valence-electron chi connectivity index (χ0n) is 16.2. The molecule has 28 heavy (non-hydrogen) atoms. The molecule has 4 nitrogen and oxygen atoms in total. The molecule has 0 bridgehead atoms. The van der Waals surface area contributed by atoms with Gasteiger partial charge in [-0.1, -0.05) is 49.7 Å². The Morgan fingerprint density at radius 2 is 1.57 bits per heavy atom. The molecular weight excluding hydrogens is 394 g/mol. The number of anilines is 1. The highest BCUT2D eigenvalue weighted by molar-refractivity contribution is 8.04. The third kappa shape index (κ3) is 4.10. The van der Waals surface area contributed by atoms with Gasteiger partial charge < -0.3 is 4.74 Å². The third-order valence-electron chi connectivity index (χ3n) is 4.00. The largest absolute Gasteiger partial charge is 0.489 e. The van der Waals surface area contributed by atoms with Gasteiger partial charge in [-0.05, 0) is 43.7 Å². The van der Waals surface area contributed by atoms with Gasteiger partial charge in [0, 0.05) is 10.3 Å². The molecule has 1 heterocycles. The fourth-order valence-corrected chi connectivity index (χ4v) is 4.05. The van der Waals surface area contributed by atoms with Gasteiger partial charge in [-0.2, -0.15) is 0 Å². The van der Waals surface area contributed by atoms with E-state index < -0.39 is 0 Å². The first-order chi connectivity index (χ1) is 13.3. The Morgan fingerprint density at radius 1 is 0.929 bits per heavy atom. The second kappa shape index (κ2) is 8.41. The average Bonchev–Trinajstić information content (AvgIpc) is 2.86. The van der Waals surface area contributed by atoms with E-state index in [1.807, 2.05) is 33.8 Å². The highest BCUT2D eigenvalue weighted by atomic mass is 35.5.